The van der Waals surface area contributed by atoms with Crippen molar-refractivity contribution < 1.29 is 0 Å². The monoisotopic (exact) mass is 276 g/mol. The second kappa shape index (κ2) is 6.91. The second-order valence-electron chi connectivity index (χ2n) is 5.68. The predicted molar refractivity (Wildman–Crippen MR) is 85.6 cm³/mol. The molecule has 20 heavy (non-hydrogen) atoms. The van der Waals surface area contributed by atoms with E-state index in [2.05, 4.69) is 36.0 Å². The molecule has 2 rings (SSSR count). The maximum absolute atomic E-state index is 4.74. The molecule has 1 heterocycles. The number of rotatable bonds is 5. The van der Waals surface area contributed by atoms with Crippen LogP contribution in [0.15, 0.2) is 0 Å². The van der Waals surface area contributed by atoms with Crippen molar-refractivity contribution in [1.82, 2.24) is 9.97 Å². The minimum absolute atomic E-state index is 0.649. The van der Waals surface area contributed by atoms with Crippen LogP contribution in [0.3, 0.4) is 0 Å². The summed E-state index contributed by atoms with van der Waals surface area (Å²) in [6.45, 7) is 10.4. The number of hydrogen-bond donors (Lipinski definition) is 1. The Bertz CT molecular complexity index is 438. The maximum Gasteiger partial charge on any atom is 0.137 e. The van der Waals surface area contributed by atoms with E-state index in [1.54, 1.807) is 0 Å². The molecule has 0 bridgehead atoms. The Morgan fingerprint density at radius 1 is 1.10 bits per heavy atom. The van der Waals surface area contributed by atoms with Crippen molar-refractivity contribution >= 4 is 11.6 Å². The van der Waals surface area contributed by atoms with Gasteiger partial charge in [-0.2, -0.15) is 0 Å². The first-order chi connectivity index (χ1) is 9.67. The number of aryl methyl sites for hydroxylation is 1. The molecule has 0 spiro atoms. The van der Waals surface area contributed by atoms with Crippen molar-refractivity contribution in [3.63, 3.8) is 0 Å². The van der Waals surface area contributed by atoms with Gasteiger partial charge in [-0.25, -0.2) is 9.97 Å². The zero-order valence-electron chi connectivity index (χ0n) is 13.4. The fraction of sp³-hybridized carbons (Fsp3) is 0.750. The van der Waals surface area contributed by atoms with E-state index in [9.17, 15) is 0 Å². The van der Waals surface area contributed by atoms with E-state index in [0.717, 1.165) is 30.5 Å². The zero-order chi connectivity index (χ0) is 14.5. The van der Waals surface area contributed by atoms with Crippen molar-refractivity contribution in [3.05, 3.63) is 11.4 Å². The Kier molecular flexibility index (Phi) is 5.21. The zero-order valence-corrected chi connectivity index (χ0v) is 13.4. The highest BCUT2D eigenvalue weighted by Gasteiger charge is 2.23. The molecule has 0 atom stereocenters. The Morgan fingerprint density at radius 2 is 1.80 bits per heavy atom. The van der Waals surface area contributed by atoms with Gasteiger partial charge in [0, 0.05) is 24.7 Å². The summed E-state index contributed by atoms with van der Waals surface area (Å²) in [6.07, 6.45) is 6.69. The van der Waals surface area contributed by atoms with Gasteiger partial charge in [-0.3, -0.25) is 0 Å². The smallest absolute Gasteiger partial charge is 0.137 e. The molecular weight excluding hydrogens is 248 g/mol. The average molecular weight is 276 g/mol. The van der Waals surface area contributed by atoms with Crippen LogP contribution in [-0.2, 0) is 0 Å². The summed E-state index contributed by atoms with van der Waals surface area (Å²) < 4.78 is 0. The molecule has 0 aromatic carbocycles. The molecule has 0 saturated heterocycles. The molecule has 0 radical (unpaired) electrons. The number of aromatic nitrogens is 2. The van der Waals surface area contributed by atoms with Gasteiger partial charge in [0.2, 0.25) is 0 Å². The van der Waals surface area contributed by atoms with Gasteiger partial charge < -0.3 is 10.2 Å². The molecule has 1 saturated carbocycles. The molecule has 0 unspecified atom stereocenters. The summed E-state index contributed by atoms with van der Waals surface area (Å²) >= 11 is 0. The first-order valence-corrected chi connectivity index (χ1v) is 8.03. The lowest BCUT2D eigenvalue weighted by molar-refractivity contribution is 0.415. The van der Waals surface area contributed by atoms with Crippen LogP contribution >= 0.6 is 0 Å². The van der Waals surface area contributed by atoms with Gasteiger partial charge in [0.05, 0.1) is 0 Å². The van der Waals surface area contributed by atoms with Crippen LogP contribution in [0.1, 0.15) is 57.3 Å². The van der Waals surface area contributed by atoms with Gasteiger partial charge in [0.15, 0.2) is 0 Å². The molecule has 112 valence electrons. The highest BCUT2D eigenvalue weighted by Crippen LogP contribution is 2.30. The van der Waals surface area contributed by atoms with Gasteiger partial charge in [-0.15, -0.1) is 0 Å². The summed E-state index contributed by atoms with van der Waals surface area (Å²) in [5.74, 6) is 2.97. The molecule has 1 aromatic heterocycles. The molecule has 1 N–H and O–H groups in total. The molecule has 1 fully saturated rings. The molecule has 1 aliphatic carbocycles. The van der Waals surface area contributed by atoms with Gasteiger partial charge in [-0.1, -0.05) is 19.3 Å². The lowest BCUT2D eigenvalue weighted by Crippen LogP contribution is -2.38. The first kappa shape index (κ1) is 15.1. The second-order valence-corrected chi connectivity index (χ2v) is 5.68. The minimum atomic E-state index is 0.649. The quantitative estimate of drug-likeness (QED) is 0.890. The molecular formula is C16H28N4. The van der Waals surface area contributed by atoms with Gasteiger partial charge in [0.25, 0.3) is 0 Å². The van der Waals surface area contributed by atoms with Crippen molar-refractivity contribution in [2.24, 2.45) is 0 Å². The SMILES string of the molecule is CCNc1nc(C)nc(N(CC)C2CCCCC2)c1C. The summed E-state index contributed by atoms with van der Waals surface area (Å²) in [7, 11) is 0. The maximum atomic E-state index is 4.74. The van der Waals surface area contributed by atoms with Crippen LogP contribution in [0.5, 0.6) is 0 Å². The van der Waals surface area contributed by atoms with E-state index in [0.29, 0.717) is 6.04 Å². The van der Waals surface area contributed by atoms with Gasteiger partial charge in [0.1, 0.15) is 17.5 Å². The number of hydrogen-bond acceptors (Lipinski definition) is 4. The van der Waals surface area contributed by atoms with Crippen LogP contribution < -0.4 is 10.2 Å². The molecule has 0 amide bonds. The van der Waals surface area contributed by atoms with Crippen LogP contribution in [0.4, 0.5) is 11.6 Å². The summed E-state index contributed by atoms with van der Waals surface area (Å²) in [4.78, 5) is 11.8. The van der Waals surface area contributed by atoms with Crippen LogP contribution in [-0.4, -0.2) is 29.1 Å². The lowest BCUT2D eigenvalue weighted by Gasteiger charge is -2.35. The van der Waals surface area contributed by atoms with Crippen molar-refractivity contribution in [2.45, 2.75) is 65.8 Å². The third kappa shape index (κ3) is 3.22. The highest BCUT2D eigenvalue weighted by atomic mass is 15.2. The van der Waals surface area contributed by atoms with E-state index < -0.39 is 0 Å². The Morgan fingerprint density at radius 3 is 2.40 bits per heavy atom. The summed E-state index contributed by atoms with van der Waals surface area (Å²) in [5.41, 5.74) is 1.19. The lowest BCUT2D eigenvalue weighted by atomic mass is 9.94. The van der Waals surface area contributed by atoms with Gasteiger partial charge >= 0.3 is 0 Å². The topological polar surface area (TPSA) is 41.1 Å². The minimum Gasteiger partial charge on any atom is -0.370 e. The number of nitrogens with one attached hydrogen (secondary N) is 1. The van der Waals surface area contributed by atoms with Gasteiger partial charge in [-0.05, 0) is 40.5 Å². The molecule has 1 aromatic rings. The van der Waals surface area contributed by atoms with E-state index in [4.69, 9.17) is 4.98 Å². The molecule has 4 nitrogen and oxygen atoms in total. The number of nitrogens with zero attached hydrogens (tertiary/aromatic N) is 3. The van der Waals surface area contributed by atoms with E-state index in [-0.39, 0.29) is 0 Å². The van der Waals surface area contributed by atoms with Crippen LogP contribution in [0.25, 0.3) is 0 Å². The largest absolute Gasteiger partial charge is 0.370 e. The van der Waals surface area contributed by atoms with E-state index in [1.807, 2.05) is 6.92 Å². The van der Waals surface area contributed by atoms with Crippen molar-refractivity contribution in [3.8, 4) is 0 Å². The van der Waals surface area contributed by atoms with E-state index >= 15 is 0 Å². The Balaban J connectivity index is 2.32. The standard InChI is InChI=1S/C16H28N4/c1-5-17-15-12(3)16(19-13(4)18-15)20(6-2)14-10-8-7-9-11-14/h14H,5-11H2,1-4H3,(H,17,18,19). The number of anilines is 2. The van der Waals surface area contributed by atoms with Crippen molar-refractivity contribution in [1.29, 1.82) is 0 Å². The third-order valence-corrected chi connectivity index (χ3v) is 4.20. The average Bonchev–Trinajstić information content (AvgIpc) is 2.46. The van der Waals surface area contributed by atoms with Crippen LogP contribution in [0.2, 0.25) is 0 Å². The fourth-order valence-electron chi connectivity index (χ4n) is 3.21. The predicted octanol–water partition coefficient (Wildman–Crippen LogP) is 3.68. The molecule has 4 heteroatoms. The first-order valence-electron chi connectivity index (χ1n) is 8.03. The highest BCUT2D eigenvalue weighted by molar-refractivity contribution is 5.59. The molecule has 1 aliphatic rings. The van der Waals surface area contributed by atoms with Crippen LogP contribution in [0, 0.1) is 13.8 Å². The molecule has 0 aliphatic heterocycles. The van der Waals surface area contributed by atoms with Crippen molar-refractivity contribution in [2.75, 3.05) is 23.3 Å². The van der Waals surface area contributed by atoms with E-state index in [1.165, 1.54) is 37.7 Å². The Hall–Kier alpha value is -1.32. The summed E-state index contributed by atoms with van der Waals surface area (Å²) in [5, 5.41) is 3.36. The Labute approximate surface area is 123 Å². The third-order valence-electron chi connectivity index (χ3n) is 4.20. The summed E-state index contributed by atoms with van der Waals surface area (Å²) in [6, 6.07) is 0.649. The fourth-order valence-corrected chi connectivity index (χ4v) is 3.21. The normalized spacial score (nSPS) is 16.2.